The molecule has 5 unspecified atom stereocenters. The van der Waals surface area contributed by atoms with E-state index in [2.05, 4.69) is 13.8 Å². The summed E-state index contributed by atoms with van der Waals surface area (Å²) in [4.78, 5) is 0. The molecule has 3 N–H and O–H groups in total. The quantitative estimate of drug-likeness (QED) is 0.540. The summed E-state index contributed by atoms with van der Waals surface area (Å²) >= 11 is 0. The van der Waals surface area contributed by atoms with E-state index < -0.39 is 12.2 Å². The molecule has 0 aliphatic heterocycles. The van der Waals surface area contributed by atoms with Gasteiger partial charge in [0.15, 0.2) is 0 Å². The Hall–Kier alpha value is -0.120. The maximum absolute atomic E-state index is 9.76. The minimum Gasteiger partial charge on any atom is -0.396 e. The van der Waals surface area contributed by atoms with Crippen LogP contribution in [0, 0.1) is 23.2 Å². The first-order chi connectivity index (χ1) is 6.00. The molecule has 0 saturated heterocycles. The molecule has 0 aromatic heterocycles. The van der Waals surface area contributed by atoms with Crippen LogP contribution in [0.15, 0.2) is 0 Å². The van der Waals surface area contributed by atoms with E-state index in [1.54, 1.807) is 0 Å². The zero-order valence-corrected chi connectivity index (χ0v) is 8.14. The highest BCUT2D eigenvalue weighted by atomic mass is 16.3. The number of hydrogen-bond acceptors (Lipinski definition) is 3. The molecule has 13 heavy (non-hydrogen) atoms. The Kier molecular flexibility index (Phi) is 1.95. The molecule has 3 aliphatic rings. The van der Waals surface area contributed by atoms with Crippen LogP contribution in [0.4, 0.5) is 0 Å². The van der Waals surface area contributed by atoms with Crippen LogP contribution in [0.25, 0.3) is 0 Å². The SMILES string of the molecule is CC1(C)C2CC1C(CO)C(O)C2O. The fourth-order valence-corrected chi connectivity index (χ4v) is 3.27. The lowest BCUT2D eigenvalue weighted by Crippen LogP contribution is -2.65. The topological polar surface area (TPSA) is 60.7 Å². The number of fused-ring (bicyclic) bond motifs is 2. The van der Waals surface area contributed by atoms with E-state index in [-0.39, 0.29) is 23.9 Å². The Morgan fingerprint density at radius 2 is 1.77 bits per heavy atom. The summed E-state index contributed by atoms with van der Waals surface area (Å²) in [5.41, 5.74) is 0.0893. The maximum atomic E-state index is 9.76. The lowest BCUT2D eigenvalue weighted by atomic mass is 9.44. The molecular formula is C10H18O3. The molecule has 0 heterocycles. The monoisotopic (exact) mass is 186 g/mol. The highest BCUT2D eigenvalue weighted by Crippen LogP contribution is 2.61. The van der Waals surface area contributed by atoms with Crippen molar-refractivity contribution in [2.75, 3.05) is 6.61 Å². The molecule has 3 heteroatoms. The van der Waals surface area contributed by atoms with Crippen molar-refractivity contribution in [2.45, 2.75) is 32.5 Å². The van der Waals surface area contributed by atoms with Crippen molar-refractivity contribution in [1.29, 1.82) is 0 Å². The van der Waals surface area contributed by atoms with Gasteiger partial charge in [-0.25, -0.2) is 0 Å². The molecule has 0 spiro atoms. The minimum absolute atomic E-state index is 0.0148. The molecule has 0 radical (unpaired) electrons. The molecule has 3 nitrogen and oxygen atoms in total. The van der Waals surface area contributed by atoms with Gasteiger partial charge in [0.2, 0.25) is 0 Å². The lowest BCUT2D eigenvalue weighted by molar-refractivity contribution is -0.233. The summed E-state index contributed by atoms with van der Waals surface area (Å²) in [5.74, 6) is 0.464. The summed E-state index contributed by atoms with van der Waals surface area (Å²) in [5, 5.41) is 28.6. The summed E-state index contributed by atoms with van der Waals surface area (Å²) < 4.78 is 0. The van der Waals surface area contributed by atoms with E-state index in [0.717, 1.165) is 6.42 Å². The van der Waals surface area contributed by atoms with Gasteiger partial charge in [0.05, 0.1) is 12.2 Å². The van der Waals surface area contributed by atoms with Gasteiger partial charge in [-0.05, 0) is 23.7 Å². The van der Waals surface area contributed by atoms with Gasteiger partial charge in [-0.2, -0.15) is 0 Å². The number of hydrogen-bond donors (Lipinski definition) is 3. The average molecular weight is 186 g/mol. The van der Waals surface area contributed by atoms with Gasteiger partial charge in [-0.1, -0.05) is 13.8 Å². The molecule has 0 amide bonds. The third kappa shape index (κ3) is 1.01. The summed E-state index contributed by atoms with van der Waals surface area (Å²) in [7, 11) is 0. The van der Waals surface area contributed by atoms with Crippen molar-refractivity contribution in [3.8, 4) is 0 Å². The first-order valence-electron chi connectivity index (χ1n) is 4.97. The number of aliphatic hydroxyl groups excluding tert-OH is 3. The van der Waals surface area contributed by atoms with Gasteiger partial charge < -0.3 is 15.3 Å². The minimum atomic E-state index is -0.721. The van der Waals surface area contributed by atoms with E-state index in [1.165, 1.54) is 0 Å². The number of aliphatic hydroxyl groups is 3. The zero-order valence-electron chi connectivity index (χ0n) is 8.14. The van der Waals surface area contributed by atoms with Crippen LogP contribution in [0.5, 0.6) is 0 Å². The third-order valence-corrected chi connectivity index (χ3v) is 4.35. The van der Waals surface area contributed by atoms with Crippen LogP contribution in [0.2, 0.25) is 0 Å². The van der Waals surface area contributed by atoms with Crippen molar-refractivity contribution < 1.29 is 15.3 Å². The fourth-order valence-electron chi connectivity index (χ4n) is 3.27. The van der Waals surface area contributed by atoms with Gasteiger partial charge in [0, 0.05) is 12.5 Å². The second-order valence-corrected chi connectivity index (χ2v) is 5.10. The molecule has 5 atom stereocenters. The van der Waals surface area contributed by atoms with Crippen LogP contribution >= 0.6 is 0 Å². The lowest BCUT2D eigenvalue weighted by Gasteiger charge is -2.63. The first kappa shape index (κ1) is 9.44. The van der Waals surface area contributed by atoms with Gasteiger partial charge in [-0.15, -0.1) is 0 Å². The van der Waals surface area contributed by atoms with E-state index in [4.69, 9.17) is 5.11 Å². The van der Waals surface area contributed by atoms with E-state index >= 15 is 0 Å². The second-order valence-electron chi connectivity index (χ2n) is 5.10. The van der Waals surface area contributed by atoms with Crippen molar-refractivity contribution in [1.82, 2.24) is 0 Å². The Labute approximate surface area is 78.4 Å². The molecule has 0 aromatic rings. The molecule has 0 aromatic carbocycles. The van der Waals surface area contributed by atoms with Crippen molar-refractivity contribution in [2.24, 2.45) is 23.2 Å². The van der Waals surface area contributed by atoms with Gasteiger partial charge in [-0.3, -0.25) is 0 Å². The highest BCUT2D eigenvalue weighted by Gasteiger charge is 2.61. The van der Waals surface area contributed by atoms with Crippen LogP contribution in [0.1, 0.15) is 20.3 Å². The predicted octanol–water partition coefficient (Wildman–Crippen LogP) is -0.00740. The third-order valence-electron chi connectivity index (χ3n) is 4.35. The molecule has 3 saturated carbocycles. The maximum Gasteiger partial charge on any atom is 0.0854 e. The van der Waals surface area contributed by atoms with E-state index in [1.807, 2.05) is 0 Å². The van der Waals surface area contributed by atoms with Gasteiger partial charge >= 0.3 is 0 Å². The predicted molar refractivity (Wildman–Crippen MR) is 48.0 cm³/mol. The average Bonchev–Trinajstić information content (AvgIpc) is 2.08. The van der Waals surface area contributed by atoms with Crippen LogP contribution in [0.3, 0.4) is 0 Å². The molecule has 2 bridgehead atoms. The van der Waals surface area contributed by atoms with Crippen molar-refractivity contribution >= 4 is 0 Å². The molecular weight excluding hydrogens is 168 g/mol. The van der Waals surface area contributed by atoms with Gasteiger partial charge in [0.25, 0.3) is 0 Å². The van der Waals surface area contributed by atoms with Crippen LogP contribution < -0.4 is 0 Å². The standard InChI is InChI=1S/C10H18O3/c1-10(2)6-3-7(10)9(13)8(12)5(6)4-11/h5-9,11-13H,3-4H2,1-2H3. The molecule has 76 valence electrons. The summed E-state index contributed by atoms with van der Waals surface area (Å²) in [6.07, 6.45) is -0.407. The first-order valence-corrected chi connectivity index (χ1v) is 4.97. The van der Waals surface area contributed by atoms with Crippen LogP contribution in [-0.2, 0) is 0 Å². The molecule has 3 rings (SSSR count). The molecule has 3 aliphatic carbocycles. The zero-order chi connectivity index (χ0) is 9.80. The fraction of sp³-hybridized carbons (Fsp3) is 1.00. The summed E-state index contributed by atoms with van der Waals surface area (Å²) in [6.45, 7) is 4.21. The van der Waals surface area contributed by atoms with Gasteiger partial charge in [0.1, 0.15) is 0 Å². The van der Waals surface area contributed by atoms with E-state index in [9.17, 15) is 10.2 Å². The normalized spacial score (nSPS) is 52.8. The largest absolute Gasteiger partial charge is 0.396 e. The van der Waals surface area contributed by atoms with Crippen molar-refractivity contribution in [3.63, 3.8) is 0 Å². The second kappa shape index (κ2) is 2.69. The number of rotatable bonds is 1. The Bertz CT molecular complexity index is 214. The Morgan fingerprint density at radius 3 is 2.23 bits per heavy atom. The van der Waals surface area contributed by atoms with Crippen LogP contribution in [-0.4, -0.2) is 34.1 Å². The highest BCUT2D eigenvalue weighted by molar-refractivity contribution is 5.10. The smallest absolute Gasteiger partial charge is 0.0854 e. The van der Waals surface area contributed by atoms with E-state index in [0.29, 0.717) is 5.92 Å². The molecule has 3 fully saturated rings. The summed E-state index contributed by atoms with van der Waals surface area (Å²) in [6, 6.07) is 0. The van der Waals surface area contributed by atoms with Crippen molar-refractivity contribution in [3.05, 3.63) is 0 Å². The Morgan fingerprint density at radius 1 is 1.15 bits per heavy atom. The Balaban J connectivity index is 2.23.